The van der Waals surface area contributed by atoms with Crippen LogP contribution in [0.15, 0.2) is 32.5 Å². The molecule has 1 aromatic rings. The molecule has 0 radical (unpaired) electrons. The van der Waals surface area contributed by atoms with E-state index in [2.05, 4.69) is 21.2 Å². The van der Waals surface area contributed by atoms with Gasteiger partial charge in [-0.25, -0.2) is 8.42 Å². The molecule has 0 aromatic heterocycles. The van der Waals surface area contributed by atoms with Gasteiger partial charge in [0.05, 0.1) is 9.80 Å². The third-order valence-electron chi connectivity index (χ3n) is 2.55. The van der Waals surface area contributed by atoms with Gasteiger partial charge in [-0.2, -0.15) is 0 Å². The Morgan fingerprint density at radius 1 is 1.38 bits per heavy atom. The Bertz CT molecular complexity index is 549. The molecule has 0 atom stereocenters. The predicted octanol–water partition coefficient (Wildman–Crippen LogP) is 2.19. The van der Waals surface area contributed by atoms with E-state index in [1.807, 2.05) is 19.2 Å². The number of rotatable bonds is 3. The zero-order valence-corrected chi connectivity index (χ0v) is 11.2. The van der Waals surface area contributed by atoms with E-state index in [0.29, 0.717) is 27.2 Å². The Labute approximate surface area is 104 Å². The number of fused-ring (bicyclic) bond motifs is 1. The average molecular weight is 302 g/mol. The number of hydrogen-bond donors (Lipinski definition) is 1. The fourth-order valence-electron chi connectivity index (χ4n) is 1.76. The molecule has 0 saturated heterocycles. The van der Waals surface area contributed by atoms with Crippen LogP contribution in [-0.2, 0) is 9.84 Å². The van der Waals surface area contributed by atoms with Gasteiger partial charge in [0.2, 0.25) is 9.84 Å². The Balaban J connectivity index is 2.48. The maximum atomic E-state index is 12.2. The summed E-state index contributed by atoms with van der Waals surface area (Å²) in [7, 11) is -1.46. The van der Waals surface area contributed by atoms with Gasteiger partial charge in [-0.05, 0) is 53.6 Å². The van der Waals surface area contributed by atoms with Crippen LogP contribution in [0.3, 0.4) is 0 Å². The van der Waals surface area contributed by atoms with Crippen LogP contribution in [0.4, 0.5) is 0 Å². The first-order valence-corrected chi connectivity index (χ1v) is 7.24. The third-order valence-corrected chi connectivity index (χ3v) is 5.48. The smallest absolute Gasteiger partial charge is 0.204 e. The van der Waals surface area contributed by atoms with Crippen molar-refractivity contribution >= 4 is 31.8 Å². The molecular weight excluding hydrogens is 290 g/mol. The number of nitrogens with one attached hydrogen (secondary N) is 1. The molecule has 0 unspecified atom stereocenters. The van der Waals surface area contributed by atoms with Crippen LogP contribution >= 0.6 is 15.9 Å². The van der Waals surface area contributed by atoms with Crippen molar-refractivity contribution in [3.63, 3.8) is 0 Å². The summed E-state index contributed by atoms with van der Waals surface area (Å²) in [5, 5.41) is 2.96. The lowest BCUT2D eigenvalue weighted by atomic mass is 10.2. The van der Waals surface area contributed by atoms with Crippen LogP contribution in [0.2, 0.25) is 0 Å². The molecule has 86 valence electrons. The van der Waals surface area contributed by atoms with Gasteiger partial charge >= 0.3 is 0 Å². The fraction of sp³-hybridized carbons (Fsp3) is 0.273. The van der Waals surface area contributed by atoms with Crippen molar-refractivity contribution in [3.8, 4) is 0 Å². The average Bonchev–Trinajstić information content (AvgIpc) is 2.48. The summed E-state index contributed by atoms with van der Waals surface area (Å²) in [6.07, 6.45) is 2.28. The highest BCUT2D eigenvalue weighted by Crippen LogP contribution is 2.38. The normalized spacial score (nSPS) is 17.0. The largest absolute Gasteiger partial charge is 0.319 e. The second kappa shape index (κ2) is 4.31. The van der Waals surface area contributed by atoms with E-state index in [-0.39, 0.29) is 0 Å². The van der Waals surface area contributed by atoms with E-state index in [0.717, 1.165) is 5.56 Å². The predicted molar refractivity (Wildman–Crippen MR) is 67.8 cm³/mol. The Kier molecular flexibility index (Phi) is 3.19. The molecule has 0 saturated carbocycles. The molecule has 3 nitrogen and oxygen atoms in total. The molecule has 0 spiro atoms. The second-order valence-electron chi connectivity index (χ2n) is 3.63. The zero-order valence-electron chi connectivity index (χ0n) is 8.83. The fourth-order valence-corrected chi connectivity index (χ4v) is 4.46. The number of sulfone groups is 1. The summed E-state index contributed by atoms with van der Waals surface area (Å²) in [4.78, 5) is 0.893. The minimum absolute atomic E-state index is 0.404. The van der Waals surface area contributed by atoms with Crippen LogP contribution in [0.5, 0.6) is 0 Å². The zero-order chi connectivity index (χ0) is 11.8. The molecular formula is C11H12BrNO2S. The highest BCUT2D eigenvalue weighted by Gasteiger charge is 2.30. The standard InChI is InChI=1S/C11H12BrNO2S/c1-13-6-5-9-7-8-3-2-4-10(12)11(8)16(9,14)15/h2-4,7,13H,5-6H2,1H3. The minimum Gasteiger partial charge on any atom is -0.319 e. The summed E-state index contributed by atoms with van der Waals surface area (Å²) in [6, 6.07) is 5.42. The minimum atomic E-state index is -3.28. The van der Waals surface area contributed by atoms with Gasteiger partial charge in [0.15, 0.2) is 0 Å². The Morgan fingerprint density at radius 2 is 2.12 bits per heavy atom. The molecule has 1 aliphatic heterocycles. The SMILES string of the molecule is CNCCC1=Cc2cccc(Br)c2S1(=O)=O. The van der Waals surface area contributed by atoms with Gasteiger partial charge in [-0.3, -0.25) is 0 Å². The summed E-state index contributed by atoms with van der Waals surface area (Å²) in [6.45, 7) is 0.663. The van der Waals surface area contributed by atoms with Crippen LogP contribution in [-0.4, -0.2) is 22.0 Å². The van der Waals surface area contributed by atoms with Crippen LogP contribution in [0, 0.1) is 0 Å². The van der Waals surface area contributed by atoms with Crippen molar-refractivity contribution in [2.75, 3.05) is 13.6 Å². The molecule has 5 heteroatoms. The molecule has 1 aromatic carbocycles. The van der Waals surface area contributed by atoms with E-state index in [4.69, 9.17) is 0 Å². The van der Waals surface area contributed by atoms with E-state index in [1.165, 1.54) is 0 Å². The highest BCUT2D eigenvalue weighted by molar-refractivity contribution is 9.10. The molecule has 0 fully saturated rings. The van der Waals surface area contributed by atoms with Crippen molar-refractivity contribution < 1.29 is 8.42 Å². The van der Waals surface area contributed by atoms with Crippen molar-refractivity contribution in [2.24, 2.45) is 0 Å². The van der Waals surface area contributed by atoms with Gasteiger partial charge in [0.1, 0.15) is 0 Å². The summed E-state index contributed by atoms with van der Waals surface area (Å²) < 4.78 is 25.0. The van der Waals surface area contributed by atoms with Crippen LogP contribution < -0.4 is 5.32 Å². The highest BCUT2D eigenvalue weighted by atomic mass is 79.9. The quantitative estimate of drug-likeness (QED) is 0.931. The Hall–Kier alpha value is -0.650. The molecule has 1 aliphatic rings. The van der Waals surface area contributed by atoms with Gasteiger partial charge in [-0.15, -0.1) is 0 Å². The molecule has 0 aliphatic carbocycles. The lowest BCUT2D eigenvalue weighted by Gasteiger charge is -2.04. The van der Waals surface area contributed by atoms with Gasteiger partial charge in [-0.1, -0.05) is 12.1 Å². The lowest BCUT2D eigenvalue weighted by Crippen LogP contribution is -2.11. The first-order chi connectivity index (χ1) is 7.57. The first kappa shape index (κ1) is 11.8. The molecule has 1 N–H and O–H groups in total. The second-order valence-corrected chi connectivity index (χ2v) is 6.42. The summed E-state index contributed by atoms with van der Waals surface area (Å²) in [5.74, 6) is 0. The number of hydrogen-bond acceptors (Lipinski definition) is 3. The lowest BCUT2D eigenvalue weighted by molar-refractivity contribution is 0.600. The molecule has 16 heavy (non-hydrogen) atoms. The summed E-state index contributed by atoms with van der Waals surface area (Å²) >= 11 is 3.29. The maximum Gasteiger partial charge on any atom is 0.204 e. The van der Waals surface area contributed by atoms with Gasteiger partial charge in [0, 0.05) is 4.47 Å². The van der Waals surface area contributed by atoms with E-state index < -0.39 is 9.84 Å². The third kappa shape index (κ3) is 1.83. The molecule has 0 bridgehead atoms. The van der Waals surface area contributed by atoms with Crippen LogP contribution in [0.1, 0.15) is 12.0 Å². The monoisotopic (exact) mass is 301 g/mol. The van der Waals surface area contributed by atoms with Crippen molar-refractivity contribution in [3.05, 3.63) is 33.1 Å². The van der Waals surface area contributed by atoms with Crippen LogP contribution in [0.25, 0.3) is 6.08 Å². The summed E-state index contributed by atoms with van der Waals surface area (Å²) in [5.41, 5.74) is 0.778. The van der Waals surface area contributed by atoms with E-state index in [9.17, 15) is 8.42 Å². The maximum absolute atomic E-state index is 12.2. The molecule has 2 rings (SSSR count). The first-order valence-electron chi connectivity index (χ1n) is 4.96. The van der Waals surface area contributed by atoms with Gasteiger partial charge in [0.25, 0.3) is 0 Å². The van der Waals surface area contributed by atoms with Crippen molar-refractivity contribution in [2.45, 2.75) is 11.3 Å². The Morgan fingerprint density at radius 3 is 2.75 bits per heavy atom. The number of benzene rings is 1. The van der Waals surface area contributed by atoms with Crippen molar-refractivity contribution in [1.82, 2.24) is 5.32 Å². The van der Waals surface area contributed by atoms with Crippen molar-refractivity contribution in [1.29, 1.82) is 0 Å². The number of halogens is 1. The molecule has 1 heterocycles. The molecule has 0 amide bonds. The van der Waals surface area contributed by atoms with Gasteiger partial charge < -0.3 is 5.32 Å². The van der Waals surface area contributed by atoms with E-state index >= 15 is 0 Å². The van der Waals surface area contributed by atoms with E-state index in [1.54, 1.807) is 12.1 Å². The topological polar surface area (TPSA) is 46.2 Å².